The van der Waals surface area contributed by atoms with E-state index in [4.69, 9.17) is 4.74 Å². The van der Waals surface area contributed by atoms with E-state index >= 15 is 0 Å². The van der Waals surface area contributed by atoms with Crippen LogP contribution in [0.2, 0.25) is 0 Å². The number of carbonyl (C=O) groups is 1. The predicted octanol–water partition coefficient (Wildman–Crippen LogP) is 1.43. The number of carbonyl (C=O) groups excluding carboxylic acids is 1. The van der Waals surface area contributed by atoms with Gasteiger partial charge in [-0.3, -0.25) is 4.90 Å². The van der Waals surface area contributed by atoms with Gasteiger partial charge >= 0.3 is 6.09 Å². The first-order valence-corrected chi connectivity index (χ1v) is 7.89. The zero-order valence-corrected chi connectivity index (χ0v) is 12.9. The topological polar surface area (TPSA) is 44.8 Å². The number of rotatable bonds is 2. The van der Waals surface area contributed by atoms with Crippen molar-refractivity contribution < 1.29 is 9.53 Å². The molecule has 0 saturated carbocycles. The van der Waals surface area contributed by atoms with Crippen LogP contribution in [0.1, 0.15) is 40.0 Å². The second-order valence-corrected chi connectivity index (χ2v) is 7.42. The fourth-order valence-electron chi connectivity index (χ4n) is 3.71. The lowest BCUT2D eigenvalue weighted by atomic mass is 10.2. The molecular formula is C15H27N3O2. The average molecular weight is 281 g/mol. The lowest BCUT2D eigenvalue weighted by Gasteiger charge is -2.36. The Morgan fingerprint density at radius 3 is 2.65 bits per heavy atom. The molecule has 0 aromatic carbocycles. The molecule has 20 heavy (non-hydrogen) atoms. The maximum atomic E-state index is 12.2. The molecule has 5 heteroatoms. The van der Waals surface area contributed by atoms with E-state index in [0.717, 1.165) is 32.6 Å². The molecule has 2 bridgehead atoms. The van der Waals surface area contributed by atoms with Crippen molar-refractivity contribution in [2.45, 2.75) is 63.8 Å². The third-order valence-corrected chi connectivity index (χ3v) is 4.60. The number of nitrogens with one attached hydrogen (secondary N) is 1. The minimum Gasteiger partial charge on any atom is -0.444 e. The van der Waals surface area contributed by atoms with Gasteiger partial charge in [-0.15, -0.1) is 0 Å². The Balaban J connectivity index is 1.52. The highest BCUT2D eigenvalue weighted by atomic mass is 16.6. The maximum Gasteiger partial charge on any atom is 0.410 e. The van der Waals surface area contributed by atoms with Crippen LogP contribution in [0.5, 0.6) is 0 Å². The second kappa shape index (κ2) is 5.19. The highest BCUT2D eigenvalue weighted by Crippen LogP contribution is 2.32. The molecule has 3 aliphatic heterocycles. The van der Waals surface area contributed by atoms with Gasteiger partial charge in [-0.05, 0) is 46.6 Å². The smallest absolute Gasteiger partial charge is 0.410 e. The van der Waals surface area contributed by atoms with Crippen LogP contribution in [0, 0.1) is 0 Å². The van der Waals surface area contributed by atoms with E-state index in [1.54, 1.807) is 0 Å². The maximum absolute atomic E-state index is 12.2. The summed E-state index contributed by atoms with van der Waals surface area (Å²) in [5.41, 5.74) is -0.396. The van der Waals surface area contributed by atoms with Crippen molar-refractivity contribution in [1.29, 1.82) is 0 Å². The number of fused-ring (bicyclic) bond motifs is 2. The highest BCUT2D eigenvalue weighted by Gasteiger charge is 2.46. The molecule has 0 radical (unpaired) electrons. The molecule has 114 valence electrons. The summed E-state index contributed by atoms with van der Waals surface area (Å²) in [6.45, 7) is 9.94. The van der Waals surface area contributed by atoms with Gasteiger partial charge in [0.15, 0.2) is 0 Å². The number of ether oxygens (including phenoxy) is 1. The van der Waals surface area contributed by atoms with Crippen LogP contribution in [0.4, 0.5) is 4.79 Å². The van der Waals surface area contributed by atoms with Gasteiger partial charge in [0, 0.05) is 37.8 Å². The Morgan fingerprint density at radius 1 is 1.30 bits per heavy atom. The molecule has 3 fully saturated rings. The predicted molar refractivity (Wildman–Crippen MR) is 77.7 cm³/mol. The fraction of sp³-hybridized carbons (Fsp3) is 0.933. The summed E-state index contributed by atoms with van der Waals surface area (Å²) in [6, 6.07) is 1.55. The third kappa shape index (κ3) is 2.93. The zero-order chi connectivity index (χ0) is 14.3. The van der Waals surface area contributed by atoms with Crippen molar-refractivity contribution in [3.05, 3.63) is 0 Å². The standard InChI is InChI=1S/C15H27N3O2/c1-15(2,3)20-14(19)18-10-12-7-13(18)9-17(12)8-11-5-4-6-16-11/h11-13,16H,4-10H2,1-3H3. The minimum absolute atomic E-state index is 0.136. The molecular weight excluding hydrogens is 254 g/mol. The van der Waals surface area contributed by atoms with Gasteiger partial charge in [-0.25, -0.2) is 4.79 Å². The largest absolute Gasteiger partial charge is 0.444 e. The summed E-state index contributed by atoms with van der Waals surface area (Å²) in [5.74, 6) is 0. The summed E-state index contributed by atoms with van der Waals surface area (Å²) in [4.78, 5) is 16.7. The van der Waals surface area contributed by atoms with Crippen molar-refractivity contribution in [2.75, 3.05) is 26.2 Å². The van der Waals surface area contributed by atoms with Gasteiger partial charge in [0.2, 0.25) is 0 Å². The van der Waals surface area contributed by atoms with Gasteiger partial charge in [-0.2, -0.15) is 0 Å². The highest BCUT2D eigenvalue weighted by molar-refractivity contribution is 5.69. The van der Waals surface area contributed by atoms with Crippen molar-refractivity contribution in [1.82, 2.24) is 15.1 Å². The molecule has 1 N–H and O–H groups in total. The van der Waals surface area contributed by atoms with E-state index in [1.807, 2.05) is 25.7 Å². The SMILES string of the molecule is CC(C)(C)OC(=O)N1CC2CC1CN2CC1CCCN1. The molecule has 0 spiro atoms. The molecule has 3 rings (SSSR count). The molecule has 3 saturated heterocycles. The number of nitrogens with zero attached hydrogens (tertiary/aromatic N) is 2. The van der Waals surface area contributed by atoms with Gasteiger partial charge in [0.25, 0.3) is 0 Å². The van der Waals surface area contributed by atoms with Crippen LogP contribution in [-0.2, 0) is 4.74 Å². The first-order chi connectivity index (χ1) is 9.42. The third-order valence-electron chi connectivity index (χ3n) is 4.60. The Morgan fingerprint density at radius 2 is 2.10 bits per heavy atom. The monoisotopic (exact) mass is 281 g/mol. The lowest BCUT2D eigenvalue weighted by molar-refractivity contribution is 0.0125. The van der Waals surface area contributed by atoms with Crippen molar-refractivity contribution >= 4 is 6.09 Å². The molecule has 3 atom stereocenters. The van der Waals surface area contributed by atoms with Gasteiger partial charge < -0.3 is 15.0 Å². The van der Waals surface area contributed by atoms with E-state index in [2.05, 4.69) is 10.2 Å². The summed E-state index contributed by atoms with van der Waals surface area (Å²) < 4.78 is 5.50. The van der Waals surface area contributed by atoms with Crippen molar-refractivity contribution in [3.8, 4) is 0 Å². The van der Waals surface area contributed by atoms with E-state index in [-0.39, 0.29) is 6.09 Å². The molecule has 3 aliphatic rings. The molecule has 3 unspecified atom stereocenters. The van der Waals surface area contributed by atoms with E-state index in [1.165, 1.54) is 12.8 Å². The molecule has 3 heterocycles. The Hall–Kier alpha value is -0.810. The molecule has 5 nitrogen and oxygen atoms in total. The number of amides is 1. The Bertz CT molecular complexity index is 374. The number of likely N-dealkylation sites (tertiary alicyclic amines) is 2. The lowest BCUT2D eigenvalue weighted by Crippen LogP contribution is -2.52. The molecule has 1 amide bonds. The minimum atomic E-state index is -0.396. The summed E-state index contributed by atoms with van der Waals surface area (Å²) in [6.07, 6.45) is 3.58. The van der Waals surface area contributed by atoms with Crippen molar-refractivity contribution in [3.63, 3.8) is 0 Å². The van der Waals surface area contributed by atoms with Crippen LogP contribution >= 0.6 is 0 Å². The molecule has 0 aliphatic carbocycles. The van der Waals surface area contributed by atoms with Gasteiger partial charge in [0.1, 0.15) is 5.60 Å². The fourth-order valence-corrected chi connectivity index (χ4v) is 3.71. The first kappa shape index (κ1) is 14.1. The second-order valence-electron chi connectivity index (χ2n) is 7.42. The Labute approximate surface area is 121 Å². The summed E-state index contributed by atoms with van der Waals surface area (Å²) in [7, 11) is 0. The molecule has 0 aromatic heterocycles. The zero-order valence-electron chi connectivity index (χ0n) is 12.9. The van der Waals surface area contributed by atoms with Crippen LogP contribution in [0.3, 0.4) is 0 Å². The average Bonchev–Trinajstić information content (AvgIpc) is 3.01. The van der Waals surface area contributed by atoms with E-state index < -0.39 is 5.60 Å². The van der Waals surface area contributed by atoms with Crippen LogP contribution in [-0.4, -0.2) is 65.8 Å². The normalized spacial score (nSPS) is 34.0. The number of hydrogen-bond acceptors (Lipinski definition) is 4. The first-order valence-electron chi connectivity index (χ1n) is 7.89. The van der Waals surface area contributed by atoms with E-state index in [0.29, 0.717) is 18.1 Å². The van der Waals surface area contributed by atoms with Gasteiger partial charge in [0.05, 0.1) is 0 Å². The number of piperazine rings is 1. The van der Waals surface area contributed by atoms with Crippen molar-refractivity contribution in [2.24, 2.45) is 0 Å². The number of hydrogen-bond donors (Lipinski definition) is 1. The summed E-state index contributed by atoms with van der Waals surface area (Å²) >= 11 is 0. The van der Waals surface area contributed by atoms with E-state index in [9.17, 15) is 4.79 Å². The summed E-state index contributed by atoms with van der Waals surface area (Å²) in [5, 5.41) is 3.56. The Kier molecular flexibility index (Phi) is 3.67. The molecule has 0 aromatic rings. The van der Waals surface area contributed by atoms with Crippen LogP contribution in [0.15, 0.2) is 0 Å². The van der Waals surface area contributed by atoms with Crippen LogP contribution < -0.4 is 5.32 Å². The quantitative estimate of drug-likeness (QED) is 0.832. The van der Waals surface area contributed by atoms with Crippen LogP contribution in [0.25, 0.3) is 0 Å². The van der Waals surface area contributed by atoms with Gasteiger partial charge in [-0.1, -0.05) is 0 Å².